The summed E-state index contributed by atoms with van der Waals surface area (Å²) in [6.45, 7) is 0.977. The van der Waals surface area contributed by atoms with Crippen LogP contribution in [0, 0.1) is 5.82 Å². The summed E-state index contributed by atoms with van der Waals surface area (Å²) < 4.78 is 41.6. The van der Waals surface area contributed by atoms with Gasteiger partial charge in [-0.05, 0) is 36.4 Å². The van der Waals surface area contributed by atoms with Crippen LogP contribution in [-0.2, 0) is 23.1 Å². The van der Waals surface area contributed by atoms with Crippen LogP contribution < -0.4 is 10.0 Å². The second-order valence-electron chi connectivity index (χ2n) is 5.67. The minimum atomic E-state index is -3.83. The molecule has 3 rings (SSSR count). The molecule has 0 unspecified atom stereocenters. The first-order valence-electron chi connectivity index (χ1n) is 8.00. The van der Waals surface area contributed by atoms with Crippen molar-refractivity contribution in [2.45, 2.75) is 18.0 Å². The van der Waals surface area contributed by atoms with Gasteiger partial charge in [0.15, 0.2) is 0 Å². The summed E-state index contributed by atoms with van der Waals surface area (Å²) in [7, 11) is -2.57. The molecule has 3 aromatic rings. The van der Waals surface area contributed by atoms with Gasteiger partial charge < -0.3 is 9.88 Å². The van der Waals surface area contributed by atoms with Crippen molar-refractivity contribution in [3.8, 4) is 5.69 Å². The topological polar surface area (TPSA) is 76.0 Å². The van der Waals surface area contributed by atoms with E-state index in [0.29, 0.717) is 18.7 Å². The van der Waals surface area contributed by atoms with E-state index in [9.17, 15) is 12.8 Å². The van der Waals surface area contributed by atoms with E-state index in [2.05, 4.69) is 15.0 Å². The van der Waals surface area contributed by atoms with E-state index in [0.717, 1.165) is 11.3 Å². The Morgan fingerprint density at radius 3 is 2.69 bits per heavy atom. The van der Waals surface area contributed by atoms with Gasteiger partial charge >= 0.3 is 0 Å². The lowest BCUT2D eigenvalue weighted by Crippen LogP contribution is -2.21. The molecule has 0 atom stereocenters. The maximum atomic E-state index is 13.8. The molecule has 0 fully saturated rings. The smallest absolute Gasteiger partial charge is 0.243 e. The molecule has 0 aliphatic rings. The largest absolute Gasteiger partial charge is 0.309 e. The molecule has 0 radical (unpaired) electrons. The Hall–Kier alpha value is -2.55. The molecular formula is C18H19FN4O2S. The fourth-order valence-corrected chi connectivity index (χ4v) is 3.48. The lowest BCUT2D eigenvalue weighted by atomic mass is 10.1. The van der Waals surface area contributed by atoms with Crippen molar-refractivity contribution in [1.82, 2.24) is 19.6 Å². The first-order valence-corrected chi connectivity index (χ1v) is 9.48. The number of aromatic nitrogens is 2. The quantitative estimate of drug-likeness (QED) is 0.665. The van der Waals surface area contributed by atoms with Crippen molar-refractivity contribution in [1.29, 1.82) is 0 Å². The van der Waals surface area contributed by atoms with Crippen LogP contribution in [0.2, 0.25) is 0 Å². The predicted molar refractivity (Wildman–Crippen MR) is 96.8 cm³/mol. The van der Waals surface area contributed by atoms with Crippen LogP contribution in [0.3, 0.4) is 0 Å². The van der Waals surface area contributed by atoms with Gasteiger partial charge in [-0.2, -0.15) is 0 Å². The molecule has 8 heteroatoms. The lowest BCUT2D eigenvalue weighted by molar-refractivity contribution is 0.559. The molecule has 6 nitrogen and oxygen atoms in total. The summed E-state index contributed by atoms with van der Waals surface area (Å²) in [5.74, 6) is -0.770. The maximum Gasteiger partial charge on any atom is 0.243 e. The third-order valence-corrected chi connectivity index (χ3v) is 5.40. The number of hydrogen-bond donors (Lipinski definition) is 2. The summed E-state index contributed by atoms with van der Waals surface area (Å²) in [6, 6.07) is 12.0. The zero-order valence-corrected chi connectivity index (χ0v) is 15.0. The first-order chi connectivity index (χ1) is 12.5. The molecule has 2 aromatic carbocycles. The number of nitrogens with zero attached hydrogens (tertiary/aromatic N) is 2. The van der Waals surface area contributed by atoms with E-state index >= 15 is 0 Å². The number of halogens is 1. The zero-order chi connectivity index (χ0) is 18.6. The molecular weight excluding hydrogens is 355 g/mol. The van der Waals surface area contributed by atoms with Crippen LogP contribution in [0.15, 0.2) is 66.1 Å². The maximum absolute atomic E-state index is 13.8. The normalized spacial score (nSPS) is 11.6. The molecule has 0 amide bonds. The summed E-state index contributed by atoms with van der Waals surface area (Å²) >= 11 is 0. The SMILES string of the molecule is CNS(=O)(=O)c1cc(CNCc2ccccc2-n2ccnc2)ccc1F. The fourth-order valence-electron chi connectivity index (χ4n) is 2.63. The minimum Gasteiger partial charge on any atom is -0.309 e. The monoisotopic (exact) mass is 374 g/mol. The van der Waals surface area contributed by atoms with Crippen molar-refractivity contribution in [2.75, 3.05) is 7.05 Å². The van der Waals surface area contributed by atoms with Crippen molar-refractivity contribution in [3.63, 3.8) is 0 Å². The van der Waals surface area contributed by atoms with Gasteiger partial charge in [0.05, 0.1) is 12.0 Å². The molecule has 0 saturated carbocycles. The Labute approximate surface area is 151 Å². The van der Waals surface area contributed by atoms with Gasteiger partial charge in [0.25, 0.3) is 0 Å². The van der Waals surface area contributed by atoms with Gasteiger partial charge in [-0.15, -0.1) is 0 Å². The van der Waals surface area contributed by atoms with E-state index in [1.165, 1.54) is 19.2 Å². The fraction of sp³-hybridized carbons (Fsp3) is 0.167. The summed E-state index contributed by atoms with van der Waals surface area (Å²) in [6.07, 6.45) is 5.31. The van der Waals surface area contributed by atoms with E-state index in [-0.39, 0.29) is 4.90 Å². The highest BCUT2D eigenvalue weighted by molar-refractivity contribution is 7.89. The molecule has 0 aliphatic heterocycles. The Morgan fingerprint density at radius 1 is 1.15 bits per heavy atom. The zero-order valence-electron chi connectivity index (χ0n) is 14.2. The van der Waals surface area contributed by atoms with Crippen molar-refractivity contribution < 1.29 is 12.8 Å². The van der Waals surface area contributed by atoms with E-state index in [4.69, 9.17) is 0 Å². The first kappa shape index (κ1) is 18.2. The predicted octanol–water partition coefficient (Wildman–Crippen LogP) is 2.21. The molecule has 136 valence electrons. The van der Waals surface area contributed by atoms with Gasteiger partial charge in [-0.1, -0.05) is 24.3 Å². The Morgan fingerprint density at radius 2 is 1.96 bits per heavy atom. The van der Waals surface area contributed by atoms with Crippen molar-refractivity contribution in [2.24, 2.45) is 0 Å². The van der Waals surface area contributed by atoms with E-state index in [1.54, 1.807) is 18.6 Å². The number of para-hydroxylation sites is 1. The summed E-state index contributed by atoms with van der Waals surface area (Å²) in [5.41, 5.74) is 2.76. The Bertz CT molecular complexity index is 988. The number of rotatable bonds is 7. The molecule has 2 N–H and O–H groups in total. The second-order valence-corrected chi connectivity index (χ2v) is 7.53. The molecule has 0 bridgehead atoms. The van der Waals surface area contributed by atoms with Gasteiger partial charge in [0, 0.05) is 25.5 Å². The molecule has 1 heterocycles. The van der Waals surface area contributed by atoms with Gasteiger partial charge in [0.1, 0.15) is 10.7 Å². The number of nitrogens with one attached hydrogen (secondary N) is 2. The molecule has 26 heavy (non-hydrogen) atoms. The third kappa shape index (κ3) is 3.98. The van der Waals surface area contributed by atoms with Crippen LogP contribution >= 0.6 is 0 Å². The standard InChI is InChI=1S/C18H19FN4O2S/c1-20-26(24,25)18-10-14(6-7-16(18)19)11-22-12-15-4-2-3-5-17(15)23-9-8-21-13-23/h2-10,13,20,22H,11-12H2,1H3. The van der Waals surface area contributed by atoms with Crippen LogP contribution in [-0.4, -0.2) is 25.0 Å². The van der Waals surface area contributed by atoms with Crippen LogP contribution in [0.5, 0.6) is 0 Å². The van der Waals surface area contributed by atoms with Gasteiger partial charge in [-0.3, -0.25) is 0 Å². The van der Waals surface area contributed by atoms with Crippen LogP contribution in [0.4, 0.5) is 4.39 Å². The average Bonchev–Trinajstić information content (AvgIpc) is 3.18. The number of sulfonamides is 1. The Balaban J connectivity index is 1.73. The second kappa shape index (κ2) is 7.77. The molecule has 1 aromatic heterocycles. The molecule has 0 spiro atoms. The van der Waals surface area contributed by atoms with Gasteiger partial charge in [-0.25, -0.2) is 22.5 Å². The van der Waals surface area contributed by atoms with Crippen LogP contribution in [0.1, 0.15) is 11.1 Å². The van der Waals surface area contributed by atoms with Crippen molar-refractivity contribution >= 4 is 10.0 Å². The van der Waals surface area contributed by atoms with Gasteiger partial charge in [0.2, 0.25) is 10.0 Å². The summed E-state index contributed by atoms with van der Waals surface area (Å²) in [5, 5.41) is 3.27. The highest BCUT2D eigenvalue weighted by Gasteiger charge is 2.17. The number of hydrogen-bond acceptors (Lipinski definition) is 4. The molecule has 0 saturated heterocycles. The highest BCUT2D eigenvalue weighted by atomic mass is 32.2. The summed E-state index contributed by atoms with van der Waals surface area (Å²) in [4.78, 5) is 3.71. The average molecular weight is 374 g/mol. The van der Waals surface area contributed by atoms with E-state index in [1.807, 2.05) is 35.0 Å². The minimum absolute atomic E-state index is 0.349. The highest BCUT2D eigenvalue weighted by Crippen LogP contribution is 2.17. The van der Waals surface area contributed by atoms with E-state index < -0.39 is 15.8 Å². The third-order valence-electron chi connectivity index (χ3n) is 3.97. The number of benzene rings is 2. The lowest BCUT2D eigenvalue weighted by Gasteiger charge is -2.12. The molecule has 0 aliphatic carbocycles. The van der Waals surface area contributed by atoms with Crippen molar-refractivity contribution in [3.05, 3.63) is 78.1 Å². The number of imidazole rings is 1. The van der Waals surface area contributed by atoms with Crippen LogP contribution in [0.25, 0.3) is 5.69 Å². The Kier molecular flexibility index (Phi) is 5.46.